The van der Waals surface area contributed by atoms with Gasteiger partial charge in [0.25, 0.3) is 0 Å². The maximum absolute atomic E-state index is 9.50. The summed E-state index contributed by atoms with van der Waals surface area (Å²) >= 11 is 0. The molecule has 214 valence electrons. The molecule has 0 aliphatic heterocycles. The molecule has 0 amide bonds. The predicted octanol–water partition coefficient (Wildman–Crippen LogP) is 10.8. The first kappa shape index (κ1) is 37.9. The highest BCUT2D eigenvalue weighted by atomic mass is 19.1. The molecule has 0 bridgehead atoms. The summed E-state index contributed by atoms with van der Waals surface area (Å²) in [5, 5.41) is 3.28. The molecular formula is C37H54FN. The molecule has 0 aliphatic rings. The topological polar surface area (TPSA) is 12.0 Å². The van der Waals surface area contributed by atoms with E-state index in [4.69, 9.17) is 0 Å². The Morgan fingerprint density at radius 3 is 1.59 bits per heavy atom. The van der Waals surface area contributed by atoms with E-state index >= 15 is 0 Å². The average molecular weight is 532 g/mol. The quantitative estimate of drug-likeness (QED) is 0.173. The monoisotopic (exact) mass is 531 g/mol. The van der Waals surface area contributed by atoms with E-state index in [0.717, 1.165) is 12.0 Å². The van der Waals surface area contributed by atoms with Crippen LogP contribution in [0.5, 0.6) is 0 Å². The zero-order valence-corrected chi connectivity index (χ0v) is 26.0. The number of allylic oxidation sites excluding steroid dienone is 4. The molecule has 3 aromatic rings. The number of hydrogen-bond acceptors (Lipinski definition) is 1. The number of nitrogens with one attached hydrogen (secondary N) is 1. The van der Waals surface area contributed by atoms with Gasteiger partial charge in [0, 0.05) is 0 Å². The van der Waals surface area contributed by atoms with Gasteiger partial charge in [0.15, 0.2) is 0 Å². The zero-order valence-electron chi connectivity index (χ0n) is 26.0. The minimum Gasteiger partial charge on any atom is -0.317 e. The van der Waals surface area contributed by atoms with Crippen molar-refractivity contribution in [2.45, 2.75) is 67.7 Å². The maximum Gasteiger partial charge on any atom is 0.0785 e. The lowest BCUT2D eigenvalue weighted by Crippen LogP contribution is -2.14. The molecule has 0 aliphatic carbocycles. The number of rotatable bonds is 8. The van der Waals surface area contributed by atoms with Crippen LogP contribution in [0.3, 0.4) is 0 Å². The number of hydrogen-bond donors (Lipinski definition) is 1. The Morgan fingerprint density at radius 1 is 0.769 bits per heavy atom. The van der Waals surface area contributed by atoms with Crippen LogP contribution in [0.2, 0.25) is 0 Å². The summed E-state index contributed by atoms with van der Waals surface area (Å²) in [6, 6.07) is 29.4. The minimum atomic E-state index is 0.500. The largest absolute Gasteiger partial charge is 0.317 e. The van der Waals surface area contributed by atoms with Gasteiger partial charge in [0.05, 0.1) is 7.18 Å². The third-order valence-corrected chi connectivity index (χ3v) is 5.53. The maximum atomic E-state index is 9.50. The van der Waals surface area contributed by atoms with Crippen LogP contribution >= 0.6 is 0 Å². The molecule has 0 radical (unpaired) electrons. The summed E-state index contributed by atoms with van der Waals surface area (Å²) in [4.78, 5) is 0. The van der Waals surface area contributed by atoms with E-state index in [9.17, 15) is 4.39 Å². The normalized spacial score (nSPS) is 9.87. The Bertz CT molecular complexity index is 1020. The van der Waals surface area contributed by atoms with Gasteiger partial charge in [-0.3, -0.25) is 4.39 Å². The third kappa shape index (κ3) is 19.5. The summed E-state index contributed by atoms with van der Waals surface area (Å²) in [7, 11) is 0.500. The van der Waals surface area contributed by atoms with Crippen LogP contribution in [0.4, 0.5) is 4.39 Å². The molecule has 2 heteroatoms. The molecular weight excluding hydrogens is 477 g/mol. The van der Waals surface area contributed by atoms with Crippen molar-refractivity contribution in [2.75, 3.05) is 20.3 Å². The Kier molecular flexibility index (Phi) is 25.6. The van der Waals surface area contributed by atoms with Crippen molar-refractivity contribution >= 4 is 5.57 Å². The molecule has 0 unspecified atom stereocenters. The first-order valence-corrected chi connectivity index (χ1v) is 13.9. The van der Waals surface area contributed by atoms with E-state index in [2.05, 4.69) is 127 Å². The SMILES string of the molecule is C=C(C)/C(Cc1ccccc1)=C(/C)c1ccccc1C.C=CC.CCCNCCC.CF.Cc1ccccc1. The number of benzene rings is 3. The highest BCUT2D eigenvalue weighted by Gasteiger charge is 2.09. The fourth-order valence-electron chi connectivity index (χ4n) is 3.57. The minimum absolute atomic E-state index is 0.500. The Labute approximate surface area is 240 Å². The van der Waals surface area contributed by atoms with Crippen LogP contribution in [0.1, 0.15) is 69.7 Å². The van der Waals surface area contributed by atoms with Gasteiger partial charge < -0.3 is 5.32 Å². The highest BCUT2D eigenvalue weighted by molar-refractivity contribution is 5.73. The van der Waals surface area contributed by atoms with Crippen LogP contribution < -0.4 is 5.32 Å². The molecule has 0 saturated carbocycles. The summed E-state index contributed by atoms with van der Waals surface area (Å²) in [5.74, 6) is 0. The molecule has 1 nitrogen and oxygen atoms in total. The van der Waals surface area contributed by atoms with Gasteiger partial charge in [-0.05, 0) is 94.8 Å². The second-order valence-electron chi connectivity index (χ2n) is 9.17. The first-order chi connectivity index (χ1) is 18.8. The second-order valence-corrected chi connectivity index (χ2v) is 9.17. The molecule has 0 saturated heterocycles. The predicted molar refractivity (Wildman–Crippen MR) is 176 cm³/mol. The van der Waals surface area contributed by atoms with Crippen LogP contribution in [0, 0.1) is 13.8 Å². The summed E-state index contributed by atoms with van der Waals surface area (Å²) in [6.45, 7) is 24.7. The third-order valence-electron chi connectivity index (χ3n) is 5.53. The lowest BCUT2D eigenvalue weighted by atomic mass is 9.90. The Morgan fingerprint density at radius 2 is 1.21 bits per heavy atom. The van der Waals surface area contributed by atoms with Crippen molar-refractivity contribution in [1.29, 1.82) is 0 Å². The fourth-order valence-corrected chi connectivity index (χ4v) is 3.57. The molecule has 39 heavy (non-hydrogen) atoms. The first-order valence-electron chi connectivity index (χ1n) is 13.9. The number of aryl methyl sites for hydroxylation is 2. The van der Waals surface area contributed by atoms with Gasteiger partial charge >= 0.3 is 0 Å². The summed E-state index contributed by atoms with van der Waals surface area (Å²) in [6.07, 6.45) is 5.19. The summed E-state index contributed by atoms with van der Waals surface area (Å²) < 4.78 is 9.50. The molecule has 3 rings (SSSR count). The number of alkyl halides is 1. The Hall–Kier alpha value is -3.23. The molecule has 0 aromatic heterocycles. The van der Waals surface area contributed by atoms with Gasteiger partial charge in [0.2, 0.25) is 0 Å². The fraction of sp³-hybridized carbons (Fsp3) is 0.351. The van der Waals surface area contributed by atoms with Crippen LogP contribution in [0.15, 0.2) is 115 Å². The number of halogens is 1. The standard InChI is InChI=1S/C20H22.C7H8.C6H15N.C3H6.CH3F/c1-15(2)20(14-18-11-6-5-7-12-18)17(4)19-13-9-8-10-16(19)3;1-7-5-3-2-4-6-7;1-3-5-7-6-4-2;1-3-2;1-2/h5-13H,1,14H2,2-4H3;2-6H,1H3;7H,3-6H2,1-2H3;3H,1H2,2H3;1H3/b20-17-;;;;. The van der Waals surface area contributed by atoms with E-state index in [0.29, 0.717) is 7.18 Å². The Balaban J connectivity index is 0. The van der Waals surface area contributed by atoms with Gasteiger partial charge in [-0.15, -0.1) is 6.58 Å². The lowest BCUT2D eigenvalue weighted by molar-refractivity contribution is 0.636. The lowest BCUT2D eigenvalue weighted by Gasteiger charge is -2.15. The van der Waals surface area contributed by atoms with Crippen molar-refractivity contribution < 1.29 is 4.39 Å². The van der Waals surface area contributed by atoms with Gasteiger partial charge in [-0.25, -0.2) is 0 Å². The van der Waals surface area contributed by atoms with Gasteiger partial charge in [-0.2, -0.15) is 0 Å². The smallest absolute Gasteiger partial charge is 0.0785 e. The van der Waals surface area contributed by atoms with Crippen molar-refractivity contribution in [1.82, 2.24) is 5.32 Å². The van der Waals surface area contributed by atoms with E-state index < -0.39 is 0 Å². The van der Waals surface area contributed by atoms with E-state index in [-0.39, 0.29) is 0 Å². The van der Waals surface area contributed by atoms with Crippen molar-refractivity contribution in [3.63, 3.8) is 0 Å². The van der Waals surface area contributed by atoms with Crippen LogP contribution in [-0.2, 0) is 6.42 Å². The zero-order chi connectivity index (χ0) is 29.9. The van der Waals surface area contributed by atoms with Gasteiger partial charge in [-0.1, -0.05) is 123 Å². The molecule has 0 atom stereocenters. The van der Waals surface area contributed by atoms with Crippen molar-refractivity contribution in [2.24, 2.45) is 0 Å². The van der Waals surface area contributed by atoms with E-state index in [1.54, 1.807) is 6.08 Å². The highest BCUT2D eigenvalue weighted by Crippen LogP contribution is 2.27. The average Bonchev–Trinajstić information content (AvgIpc) is 2.95. The molecule has 0 spiro atoms. The molecule has 1 N–H and O–H groups in total. The van der Waals surface area contributed by atoms with Crippen LogP contribution in [0.25, 0.3) is 5.57 Å². The molecule has 3 aromatic carbocycles. The molecule has 0 fully saturated rings. The molecule has 0 heterocycles. The van der Waals surface area contributed by atoms with E-state index in [1.807, 2.05) is 25.1 Å². The van der Waals surface area contributed by atoms with Crippen molar-refractivity contribution in [3.8, 4) is 0 Å². The van der Waals surface area contributed by atoms with Crippen LogP contribution in [-0.4, -0.2) is 20.3 Å². The second kappa shape index (κ2) is 26.4. The van der Waals surface area contributed by atoms with Crippen molar-refractivity contribution in [3.05, 3.63) is 138 Å². The van der Waals surface area contributed by atoms with E-state index in [1.165, 1.54) is 59.3 Å². The summed E-state index contributed by atoms with van der Waals surface area (Å²) in [5.41, 5.74) is 9.11. The van der Waals surface area contributed by atoms with Gasteiger partial charge in [0.1, 0.15) is 0 Å².